The molecule has 6 nitrogen and oxygen atoms in total. The van der Waals surface area contributed by atoms with Crippen molar-refractivity contribution in [2.24, 2.45) is 0 Å². The Hall–Kier alpha value is -2.32. The van der Waals surface area contributed by atoms with E-state index in [0.717, 1.165) is 21.1 Å². The molecule has 114 valence electrons. The maximum atomic E-state index is 4.41. The Morgan fingerprint density at radius 3 is 3.04 bits per heavy atom. The number of aromatic nitrogens is 6. The third-order valence-electron chi connectivity index (χ3n) is 3.33. The number of fused-ring (bicyclic) bond motifs is 1. The van der Waals surface area contributed by atoms with Gasteiger partial charge in [0.25, 0.3) is 0 Å². The van der Waals surface area contributed by atoms with Gasteiger partial charge in [0.1, 0.15) is 11.4 Å². The predicted octanol–water partition coefficient (Wildman–Crippen LogP) is 3.19. The van der Waals surface area contributed by atoms with E-state index in [1.165, 1.54) is 22.2 Å². The number of thiophene rings is 1. The molecule has 0 aliphatic carbocycles. The van der Waals surface area contributed by atoms with E-state index < -0.39 is 0 Å². The minimum Gasteiger partial charge on any atom is -0.236 e. The Labute approximate surface area is 140 Å². The second-order valence-corrected chi connectivity index (χ2v) is 6.99. The second kappa shape index (κ2) is 6.05. The van der Waals surface area contributed by atoms with Crippen LogP contribution in [0.15, 0.2) is 52.2 Å². The highest BCUT2D eigenvalue weighted by atomic mass is 32.2. The molecular formula is C15H12N6S2. The zero-order chi connectivity index (χ0) is 15.6. The third-order valence-corrected chi connectivity index (χ3v) is 5.18. The summed E-state index contributed by atoms with van der Waals surface area (Å²) in [6.07, 6.45) is 1.58. The van der Waals surface area contributed by atoms with Crippen molar-refractivity contribution >= 4 is 34.0 Å². The lowest BCUT2D eigenvalue weighted by atomic mass is 10.2. The molecule has 23 heavy (non-hydrogen) atoms. The molecule has 0 radical (unpaired) electrons. The average molecular weight is 340 g/mol. The van der Waals surface area contributed by atoms with E-state index in [-0.39, 0.29) is 0 Å². The van der Waals surface area contributed by atoms with Gasteiger partial charge in [-0.15, -0.1) is 16.4 Å². The number of rotatable bonds is 4. The number of nitrogens with zero attached hydrogens (tertiary/aromatic N) is 6. The monoisotopic (exact) mass is 340 g/mol. The zero-order valence-corrected chi connectivity index (χ0v) is 13.9. The van der Waals surface area contributed by atoms with Crippen LogP contribution in [0.3, 0.4) is 0 Å². The lowest BCUT2D eigenvalue weighted by Crippen LogP contribution is -2.02. The molecule has 0 aliphatic heterocycles. The van der Waals surface area contributed by atoms with E-state index in [2.05, 4.69) is 44.5 Å². The van der Waals surface area contributed by atoms with E-state index in [1.807, 2.05) is 23.6 Å². The standard InChI is InChI=1S/C15H12N6S2/c1-10-4-5-13-12(7-10)14(17-9-16-13)23-15-18-19-20-21(15)8-11-3-2-6-22-11/h2-7,9H,8H2,1H3. The predicted molar refractivity (Wildman–Crippen MR) is 89.6 cm³/mol. The van der Waals surface area contributed by atoms with Crippen molar-refractivity contribution in [1.29, 1.82) is 0 Å². The third kappa shape index (κ3) is 2.95. The lowest BCUT2D eigenvalue weighted by molar-refractivity contribution is 0.608. The molecule has 0 spiro atoms. The van der Waals surface area contributed by atoms with Crippen molar-refractivity contribution in [3.05, 3.63) is 52.5 Å². The van der Waals surface area contributed by atoms with Crippen molar-refractivity contribution in [3.63, 3.8) is 0 Å². The van der Waals surface area contributed by atoms with Crippen LogP contribution in [0.2, 0.25) is 0 Å². The highest BCUT2D eigenvalue weighted by molar-refractivity contribution is 7.99. The number of benzene rings is 1. The van der Waals surface area contributed by atoms with Gasteiger partial charge in [-0.3, -0.25) is 0 Å². The zero-order valence-electron chi connectivity index (χ0n) is 12.2. The number of hydrogen-bond acceptors (Lipinski definition) is 7. The van der Waals surface area contributed by atoms with Gasteiger partial charge in [0, 0.05) is 10.3 Å². The molecule has 1 aromatic carbocycles. The number of aryl methyl sites for hydroxylation is 1. The first-order valence-electron chi connectivity index (χ1n) is 6.97. The maximum absolute atomic E-state index is 4.41. The minimum absolute atomic E-state index is 0.662. The van der Waals surface area contributed by atoms with Crippen molar-refractivity contribution in [2.75, 3.05) is 0 Å². The fourth-order valence-corrected chi connectivity index (χ4v) is 3.75. The van der Waals surface area contributed by atoms with Crippen LogP contribution in [-0.4, -0.2) is 30.2 Å². The summed E-state index contributed by atoms with van der Waals surface area (Å²) in [5.41, 5.74) is 2.10. The minimum atomic E-state index is 0.662. The Morgan fingerprint density at radius 1 is 1.22 bits per heavy atom. The van der Waals surface area contributed by atoms with Gasteiger partial charge in [0.2, 0.25) is 5.16 Å². The summed E-state index contributed by atoms with van der Waals surface area (Å²) in [6, 6.07) is 10.2. The summed E-state index contributed by atoms with van der Waals surface area (Å²) in [6.45, 7) is 2.72. The van der Waals surface area contributed by atoms with Gasteiger partial charge in [0.05, 0.1) is 12.1 Å². The Balaban J connectivity index is 1.69. The molecule has 0 aliphatic rings. The molecule has 4 rings (SSSR count). The molecule has 3 heterocycles. The normalized spacial score (nSPS) is 11.2. The molecule has 0 bridgehead atoms. The van der Waals surface area contributed by atoms with Gasteiger partial charge in [-0.05, 0) is 52.7 Å². The fourth-order valence-electron chi connectivity index (χ4n) is 2.23. The largest absolute Gasteiger partial charge is 0.236 e. The molecule has 0 saturated carbocycles. The van der Waals surface area contributed by atoms with E-state index in [0.29, 0.717) is 6.54 Å². The highest BCUT2D eigenvalue weighted by Gasteiger charge is 2.13. The van der Waals surface area contributed by atoms with E-state index in [4.69, 9.17) is 0 Å². The Bertz CT molecular complexity index is 948. The quantitative estimate of drug-likeness (QED) is 0.531. The molecule has 0 fully saturated rings. The van der Waals surface area contributed by atoms with Crippen molar-refractivity contribution in [2.45, 2.75) is 23.7 Å². The van der Waals surface area contributed by atoms with Gasteiger partial charge in [0.15, 0.2) is 0 Å². The average Bonchev–Trinajstić information content (AvgIpc) is 3.21. The van der Waals surface area contributed by atoms with Crippen LogP contribution in [0.4, 0.5) is 0 Å². The molecule has 3 aromatic heterocycles. The topological polar surface area (TPSA) is 69.4 Å². The molecule has 4 aromatic rings. The van der Waals surface area contributed by atoms with Crippen molar-refractivity contribution in [1.82, 2.24) is 30.2 Å². The first-order chi connectivity index (χ1) is 11.3. The molecule has 0 saturated heterocycles. The van der Waals surface area contributed by atoms with Gasteiger partial charge in [-0.1, -0.05) is 17.7 Å². The molecule has 8 heteroatoms. The van der Waals surface area contributed by atoms with Crippen molar-refractivity contribution < 1.29 is 0 Å². The number of hydrogen-bond donors (Lipinski definition) is 0. The fraction of sp³-hybridized carbons (Fsp3) is 0.133. The van der Waals surface area contributed by atoms with Crippen LogP contribution >= 0.6 is 23.1 Å². The molecule has 0 N–H and O–H groups in total. The van der Waals surface area contributed by atoms with Crippen LogP contribution < -0.4 is 0 Å². The van der Waals surface area contributed by atoms with Gasteiger partial charge in [-0.25, -0.2) is 14.6 Å². The smallest absolute Gasteiger partial charge is 0.215 e. The summed E-state index contributed by atoms with van der Waals surface area (Å²) in [4.78, 5) is 9.93. The van der Waals surface area contributed by atoms with Crippen LogP contribution in [0, 0.1) is 6.92 Å². The van der Waals surface area contributed by atoms with E-state index >= 15 is 0 Å². The van der Waals surface area contributed by atoms with Crippen molar-refractivity contribution in [3.8, 4) is 0 Å². The summed E-state index contributed by atoms with van der Waals surface area (Å²) >= 11 is 3.15. The first-order valence-corrected chi connectivity index (χ1v) is 8.67. The lowest BCUT2D eigenvalue weighted by Gasteiger charge is -2.05. The van der Waals surface area contributed by atoms with Crippen LogP contribution in [0.25, 0.3) is 10.9 Å². The molecule has 0 amide bonds. The molecule has 0 unspecified atom stereocenters. The SMILES string of the molecule is Cc1ccc2ncnc(Sc3nnnn3Cc3cccs3)c2c1. The van der Waals surface area contributed by atoms with Gasteiger partial charge >= 0.3 is 0 Å². The molecular weight excluding hydrogens is 328 g/mol. The Morgan fingerprint density at radius 2 is 2.17 bits per heavy atom. The van der Waals surface area contributed by atoms with Crippen LogP contribution in [0.5, 0.6) is 0 Å². The second-order valence-electron chi connectivity index (χ2n) is 5.00. The van der Waals surface area contributed by atoms with E-state index in [1.54, 1.807) is 22.3 Å². The summed E-state index contributed by atoms with van der Waals surface area (Å²) in [7, 11) is 0. The van der Waals surface area contributed by atoms with Crippen LogP contribution in [0.1, 0.15) is 10.4 Å². The first kappa shape index (κ1) is 14.3. The summed E-state index contributed by atoms with van der Waals surface area (Å²) in [5, 5.41) is 16.7. The van der Waals surface area contributed by atoms with Gasteiger partial charge < -0.3 is 0 Å². The van der Waals surface area contributed by atoms with E-state index in [9.17, 15) is 0 Å². The summed E-state index contributed by atoms with van der Waals surface area (Å²) < 4.78 is 1.79. The summed E-state index contributed by atoms with van der Waals surface area (Å²) in [5.74, 6) is 0. The maximum Gasteiger partial charge on any atom is 0.215 e. The Kier molecular flexibility index (Phi) is 3.76. The highest BCUT2D eigenvalue weighted by Crippen LogP contribution is 2.30. The number of tetrazole rings is 1. The molecule has 0 atom stereocenters. The van der Waals surface area contributed by atoms with Crippen LogP contribution in [-0.2, 0) is 6.54 Å². The van der Waals surface area contributed by atoms with Gasteiger partial charge in [-0.2, -0.15) is 0 Å².